The molecular weight excluding hydrogens is 634 g/mol. The van der Waals surface area contributed by atoms with Gasteiger partial charge in [0.15, 0.2) is 19.4 Å². The highest BCUT2D eigenvalue weighted by molar-refractivity contribution is 6.03. The van der Waals surface area contributed by atoms with Crippen molar-refractivity contribution in [2.45, 2.75) is 39.0 Å². The third-order valence-corrected chi connectivity index (χ3v) is 8.20. The van der Waals surface area contributed by atoms with Gasteiger partial charge in [-0.25, -0.2) is 9.59 Å². The van der Waals surface area contributed by atoms with Gasteiger partial charge in [-0.1, -0.05) is 18.2 Å². The van der Waals surface area contributed by atoms with Gasteiger partial charge in [-0.2, -0.15) is 0 Å². The fourth-order valence-corrected chi connectivity index (χ4v) is 5.84. The van der Waals surface area contributed by atoms with Crippen LogP contribution in [0.4, 0.5) is 10.5 Å². The van der Waals surface area contributed by atoms with Crippen molar-refractivity contribution in [2.24, 2.45) is 5.92 Å². The molecule has 0 spiro atoms. The van der Waals surface area contributed by atoms with E-state index in [1.165, 1.54) is 26.4 Å². The van der Waals surface area contributed by atoms with Crippen molar-refractivity contribution in [3.63, 3.8) is 0 Å². The quantitative estimate of drug-likeness (QED) is 0.144. The summed E-state index contributed by atoms with van der Waals surface area (Å²) in [6.07, 6.45) is -2.51. The Morgan fingerprint density at radius 1 is 0.898 bits per heavy atom. The standard InChI is InChI=1S/C36H43N3O10/c1-22-17-25(18-23(2)32(22)48-21-46-6)33(41)37-30-27(31(40)28-19-26(38(3)4)14-15-29(28)47-20-45-5)13-10-16-39(36(43)44)34(30)49-35(42)24-11-8-7-9-12-24/h7-9,11-12,14-15,17-19,27,30,34H,10,13,16,20-21H2,1-6H3,(H,37,41)(H,43,44). The third-order valence-electron chi connectivity index (χ3n) is 8.20. The van der Waals surface area contributed by atoms with Gasteiger partial charge < -0.3 is 39.0 Å². The van der Waals surface area contributed by atoms with Crippen LogP contribution >= 0.6 is 0 Å². The van der Waals surface area contributed by atoms with E-state index in [1.54, 1.807) is 62.4 Å². The number of nitrogens with one attached hydrogen (secondary N) is 1. The summed E-state index contributed by atoms with van der Waals surface area (Å²) in [4.78, 5) is 57.6. The lowest BCUT2D eigenvalue weighted by atomic mass is 9.86. The fraction of sp³-hybridized carbons (Fsp3) is 0.389. The van der Waals surface area contributed by atoms with E-state index in [1.807, 2.05) is 19.0 Å². The Morgan fingerprint density at radius 2 is 1.55 bits per heavy atom. The average Bonchev–Trinajstić information content (AvgIpc) is 3.26. The number of anilines is 1. The molecule has 1 heterocycles. The molecule has 0 saturated carbocycles. The number of benzene rings is 3. The summed E-state index contributed by atoms with van der Waals surface area (Å²) >= 11 is 0. The SMILES string of the molecule is COCOc1ccc(N(C)C)cc1C(=O)C1CCCN(C(=O)O)C(OC(=O)c2ccccc2)C1NC(=O)c1cc(C)c(OCOC)c(C)c1. The van der Waals surface area contributed by atoms with Crippen molar-refractivity contribution in [1.82, 2.24) is 10.2 Å². The molecule has 1 saturated heterocycles. The van der Waals surface area contributed by atoms with E-state index < -0.39 is 41.9 Å². The number of methoxy groups -OCH3 is 2. The minimum Gasteiger partial charge on any atom is -0.467 e. The molecule has 0 aliphatic carbocycles. The highest BCUT2D eigenvalue weighted by atomic mass is 16.7. The summed E-state index contributed by atoms with van der Waals surface area (Å²) in [6, 6.07) is 15.1. The van der Waals surface area contributed by atoms with Crippen LogP contribution in [0.2, 0.25) is 0 Å². The van der Waals surface area contributed by atoms with E-state index in [4.69, 9.17) is 23.7 Å². The van der Waals surface area contributed by atoms with Crippen molar-refractivity contribution in [3.05, 3.63) is 88.5 Å². The van der Waals surface area contributed by atoms with Crippen LogP contribution in [0.3, 0.4) is 0 Å². The molecule has 1 fully saturated rings. The number of aryl methyl sites for hydroxylation is 2. The summed E-state index contributed by atoms with van der Waals surface area (Å²) in [6.45, 7) is 3.40. The number of esters is 1. The molecule has 13 nitrogen and oxygen atoms in total. The van der Waals surface area contributed by atoms with Gasteiger partial charge in [-0.15, -0.1) is 0 Å². The van der Waals surface area contributed by atoms with Crippen LogP contribution in [0, 0.1) is 19.8 Å². The maximum atomic E-state index is 14.6. The van der Waals surface area contributed by atoms with Crippen LogP contribution in [-0.4, -0.2) is 94.5 Å². The Hall–Kier alpha value is -5.14. The van der Waals surface area contributed by atoms with E-state index in [9.17, 15) is 24.3 Å². The van der Waals surface area contributed by atoms with Crippen molar-refractivity contribution in [2.75, 3.05) is 53.3 Å². The van der Waals surface area contributed by atoms with E-state index in [-0.39, 0.29) is 55.4 Å². The van der Waals surface area contributed by atoms with Gasteiger partial charge >= 0.3 is 12.1 Å². The monoisotopic (exact) mass is 677 g/mol. The van der Waals surface area contributed by atoms with E-state index in [0.717, 1.165) is 4.90 Å². The van der Waals surface area contributed by atoms with Crippen LogP contribution in [0.5, 0.6) is 11.5 Å². The summed E-state index contributed by atoms with van der Waals surface area (Å²) in [5, 5.41) is 13.2. The van der Waals surface area contributed by atoms with Gasteiger partial charge in [0.25, 0.3) is 5.91 Å². The molecule has 0 bridgehead atoms. The molecule has 49 heavy (non-hydrogen) atoms. The number of likely N-dealkylation sites (tertiary alicyclic amines) is 1. The maximum Gasteiger partial charge on any atom is 0.410 e. The molecule has 13 heteroatoms. The number of carbonyl (C=O) groups is 4. The van der Waals surface area contributed by atoms with Gasteiger partial charge in [-0.3, -0.25) is 14.5 Å². The maximum absolute atomic E-state index is 14.6. The molecule has 1 aliphatic rings. The van der Waals surface area contributed by atoms with E-state index in [0.29, 0.717) is 22.6 Å². The molecule has 2 N–H and O–H groups in total. The predicted octanol–water partition coefficient (Wildman–Crippen LogP) is 4.89. The third kappa shape index (κ3) is 8.86. The molecule has 262 valence electrons. The number of ether oxygens (including phenoxy) is 5. The van der Waals surface area contributed by atoms with Gasteiger partial charge in [0, 0.05) is 52.0 Å². The first kappa shape index (κ1) is 36.7. The first-order chi connectivity index (χ1) is 23.5. The number of carbonyl (C=O) groups excluding carboxylic acids is 3. The minimum atomic E-state index is -1.56. The second kappa shape index (κ2) is 16.8. The van der Waals surface area contributed by atoms with Gasteiger partial charge in [0.2, 0.25) is 6.23 Å². The van der Waals surface area contributed by atoms with Crippen LogP contribution in [-0.2, 0) is 14.2 Å². The summed E-state index contributed by atoms with van der Waals surface area (Å²) in [5.41, 5.74) is 2.66. The number of nitrogens with zero attached hydrogens (tertiary/aromatic N) is 2. The summed E-state index contributed by atoms with van der Waals surface area (Å²) in [5.74, 6) is -2.07. The van der Waals surface area contributed by atoms with Crippen LogP contribution < -0.4 is 19.7 Å². The number of hydrogen-bond acceptors (Lipinski definition) is 10. The van der Waals surface area contributed by atoms with Crippen LogP contribution in [0.1, 0.15) is 55.0 Å². The number of carboxylic acid groups (broad SMARTS) is 1. The zero-order chi connectivity index (χ0) is 35.7. The van der Waals surface area contributed by atoms with E-state index in [2.05, 4.69) is 5.32 Å². The van der Waals surface area contributed by atoms with Crippen molar-refractivity contribution in [1.29, 1.82) is 0 Å². The lowest BCUT2D eigenvalue weighted by molar-refractivity contribution is -0.0416. The molecule has 3 aromatic carbocycles. The van der Waals surface area contributed by atoms with Crippen LogP contribution in [0.15, 0.2) is 60.7 Å². The van der Waals surface area contributed by atoms with Gasteiger partial charge in [0.05, 0.1) is 17.2 Å². The Balaban J connectivity index is 1.83. The van der Waals surface area contributed by atoms with E-state index >= 15 is 0 Å². The zero-order valence-electron chi connectivity index (χ0n) is 28.6. The van der Waals surface area contributed by atoms with Crippen LogP contribution in [0.25, 0.3) is 0 Å². The molecule has 2 amide bonds. The smallest absolute Gasteiger partial charge is 0.410 e. The first-order valence-corrected chi connectivity index (χ1v) is 15.7. The van der Waals surface area contributed by atoms with Gasteiger partial charge in [0.1, 0.15) is 11.5 Å². The molecule has 3 atom stereocenters. The second-order valence-corrected chi connectivity index (χ2v) is 11.9. The molecule has 0 radical (unpaired) electrons. The predicted molar refractivity (Wildman–Crippen MR) is 180 cm³/mol. The first-order valence-electron chi connectivity index (χ1n) is 15.7. The normalized spacial score (nSPS) is 17.4. The Kier molecular flexibility index (Phi) is 12.6. The summed E-state index contributed by atoms with van der Waals surface area (Å²) in [7, 11) is 6.61. The Labute approximate surface area is 285 Å². The highest BCUT2D eigenvalue weighted by Crippen LogP contribution is 2.34. The Bertz CT molecular complexity index is 1620. The largest absolute Gasteiger partial charge is 0.467 e. The van der Waals surface area contributed by atoms with Crippen molar-refractivity contribution >= 4 is 29.4 Å². The van der Waals surface area contributed by atoms with Crippen molar-refractivity contribution in [3.8, 4) is 11.5 Å². The molecule has 1 aliphatic heterocycles. The number of Topliss-reactive ketones (excluding diaryl/α,β-unsaturated/α-hetero) is 1. The molecular formula is C36H43N3O10. The van der Waals surface area contributed by atoms with Crippen molar-refractivity contribution < 1.29 is 48.0 Å². The lowest BCUT2D eigenvalue weighted by Gasteiger charge is -2.35. The van der Waals surface area contributed by atoms with Gasteiger partial charge in [-0.05, 0) is 80.3 Å². The molecule has 0 aromatic heterocycles. The number of amides is 2. The Morgan fingerprint density at radius 3 is 2.16 bits per heavy atom. The lowest BCUT2D eigenvalue weighted by Crippen LogP contribution is -2.58. The molecule has 3 unspecified atom stereocenters. The molecule has 3 aromatic rings. The number of hydrogen-bond donors (Lipinski definition) is 2. The second-order valence-electron chi connectivity index (χ2n) is 11.9. The number of rotatable bonds is 13. The fourth-order valence-electron chi connectivity index (χ4n) is 5.84. The topological polar surface area (TPSA) is 153 Å². The highest BCUT2D eigenvalue weighted by Gasteiger charge is 2.45. The summed E-state index contributed by atoms with van der Waals surface area (Å²) < 4.78 is 27.5. The molecule has 4 rings (SSSR count). The minimum absolute atomic E-state index is 0.0175. The average molecular weight is 678 g/mol. The zero-order valence-corrected chi connectivity index (χ0v) is 28.6. The number of ketones is 1.